The molecule has 1 N–H and O–H groups in total. The minimum Gasteiger partial charge on any atom is -0.478 e. The number of aromatic nitrogens is 2. The van der Waals surface area contributed by atoms with Crippen LogP contribution >= 0.6 is 0 Å². The molecule has 5 nitrogen and oxygen atoms in total. The van der Waals surface area contributed by atoms with Gasteiger partial charge in [-0.25, -0.2) is 9.18 Å². The molecule has 0 fully saturated rings. The minimum absolute atomic E-state index is 0.0533. The molecule has 24 heavy (non-hydrogen) atoms. The summed E-state index contributed by atoms with van der Waals surface area (Å²) in [4.78, 5) is 15.7. The number of carbonyl (C=O) groups is 1. The molecule has 0 radical (unpaired) electrons. The Morgan fingerprint density at radius 2 is 1.79 bits per heavy atom. The molecule has 2 aromatic carbocycles. The topological polar surface area (TPSA) is 76.2 Å². The number of halogens is 1. The summed E-state index contributed by atoms with van der Waals surface area (Å²) in [6, 6.07) is 7.62. The Labute approximate surface area is 137 Å². The van der Waals surface area contributed by atoms with E-state index in [1.54, 1.807) is 25.1 Å². The van der Waals surface area contributed by atoms with Crippen LogP contribution in [0.15, 0.2) is 34.9 Å². The van der Waals surface area contributed by atoms with Crippen molar-refractivity contribution in [3.63, 3.8) is 0 Å². The van der Waals surface area contributed by atoms with Gasteiger partial charge in [-0.15, -0.1) is 0 Å². The van der Waals surface area contributed by atoms with E-state index in [0.717, 1.165) is 11.1 Å². The molecule has 0 amide bonds. The number of benzene rings is 2. The number of hydrogen-bond donors (Lipinski definition) is 1. The molecule has 6 heteroatoms. The number of nitrogens with zero attached hydrogens (tertiary/aromatic N) is 2. The zero-order chi connectivity index (χ0) is 17.4. The van der Waals surface area contributed by atoms with E-state index in [4.69, 9.17) is 4.52 Å². The van der Waals surface area contributed by atoms with Gasteiger partial charge < -0.3 is 9.63 Å². The Bertz CT molecular complexity index is 947. The molecule has 1 aromatic heterocycles. The first-order valence-corrected chi connectivity index (χ1v) is 7.33. The van der Waals surface area contributed by atoms with Crippen molar-refractivity contribution in [1.82, 2.24) is 10.1 Å². The van der Waals surface area contributed by atoms with Crippen molar-refractivity contribution in [3.05, 3.63) is 58.4 Å². The van der Waals surface area contributed by atoms with Gasteiger partial charge in [-0.2, -0.15) is 4.98 Å². The maximum absolute atomic E-state index is 13.8. The number of hydrogen-bond acceptors (Lipinski definition) is 4. The normalized spacial score (nSPS) is 10.8. The zero-order valence-corrected chi connectivity index (χ0v) is 13.4. The van der Waals surface area contributed by atoms with Crippen molar-refractivity contribution < 1.29 is 18.8 Å². The lowest BCUT2D eigenvalue weighted by Crippen LogP contribution is -2.04. The lowest BCUT2D eigenvalue weighted by atomic mass is 9.93. The van der Waals surface area contributed by atoms with Crippen LogP contribution in [0.1, 0.15) is 27.0 Å². The summed E-state index contributed by atoms with van der Waals surface area (Å²) in [7, 11) is 0. The number of carboxylic acids is 1. The Morgan fingerprint density at radius 3 is 2.46 bits per heavy atom. The van der Waals surface area contributed by atoms with Crippen molar-refractivity contribution >= 4 is 5.97 Å². The Balaban J connectivity index is 2.15. The molecule has 0 aliphatic heterocycles. The second-order valence-corrected chi connectivity index (χ2v) is 5.55. The van der Waals surface area contributed by atoms with Crippen LogP contribution in [0.25, 0.3) is 22.8 Å². The molecule has 122 valence electrons. The highest BCUT2D eigenvalue weighted by atomic mass is 19.1. The molecular weight excluding hydrogens is 311 g/mol. The fourth-order valence-electron chi connectivity index (χ4n) is 2.58. The zero-order valence-electron chi connectivity index (χ0n) is 13.4. The van der Waals surface area contributed by atoms with Crippen molar-refractivity contribution in [1.29, 1.82) is 0 Å². The Hall–Kier alpha value is -3.02. The number of rotatable bonds is 3. The molecule has 3 rings (SSSR count). The Morgan fingerprint density at radius 1 is 1.08 bits per heavy atom. The van der Waals surface area contributed by atoms with E-state index in [1.165, 1.54) is 12.1 Å². The second-order valence-electron chi connectivity index (χ2n) is 5.55. The Kier molecular flexibility index (Phi) is 3.89. The summed E-state index contributed by atoms with van der Waals surface area (Å²) in [5, 5.41) is 13.2. The van der Waals surface area contributed by atoms with Crippen molar-refractivity contribution in [2.24, 2.45) is 0 Å². The van der Waals surface area contributed by atoms with Gasteiger partial charge in [0.15, 0.2) is 0 Å². The van der Waals surface area contributed by atoms with Gasteiger partial charge in [0.1, 0.15) is 5.82 Å². The van der Waals surface area contributed by atoms with Gasteiger partial charge >= 0.3 is 5.97 Å². The van der Waals surface area contributed by atoms with E-state index in [9.17, 15) is 14.3 Å². The lowest BCUT2D eigenvalue weighted by Gasteiger charge is -2.11. The van der Waals surface area contributed by atoms with Crippen LogP contribution in [0.4, 0.5) is 4.39 Å². The molecular formula is C18H15FN2O3. The third-order valence-electron chi connectivity index (χ3n) is 4.22. The summed E-state index contributed by atoms with van der Waals surface area (Å²) in [6.45, 7) is 5.47. The molecule has 0 bridgehead atoms. The van der Waals surface area contributed by atoms with E-state index >= 15 is 0 Å². The lowest BCUT2D eigenvalue weighted by molar-refractivity contribution is 0.0696. The van der Waals surface area contributed by atoms with Gasteiger partial charge in [-0.3, -0.25) is 0 Å². The molecule has 0 unspecified atom stereocenters. The smallest absolute Gasteiger partial charge is 0.335 e. The van der Waals surface area contributed by atoms with Crippen LogP contribution < -0.4 is 0 Å². The van der Waals surface area contributed by atoms with Gasteiger partial charge in [0.25, 0.3) is 5.89 Å². The first-order valence-electron chi connectivity index (χ1n) is 7.33. The summed E-state index contributed by atoms with van der Waals surface area (Å²) >= 11 is 0. The van der Waals surface area contributed by atoms with Crippen LogP contribution in [-0.4, -0.2) is 21.2 Å². The van der Waals surface area contributed by atoms with Gasteiger partial charge in [0, 0.05) is 5.56 Å². The second kappa shape index (κ2) is 5.88. The van der Waals surface area contributed by atoms with Crippen molar-refractivity contribution in [3.8, 4) is 22.8 Å². The summed E-state index contributed by atoms with van der Waals surface area (Å²) in [6.07, 6.45) is 0. The summed E-state index contributed by atoms with van der Waals surface area (Å²) in [5.41, 5.74) is 3.35. The largest absolute Gasteiger partial charge is 0.478 e. The average Bonchev–Trinajstić information content (AvgIpc) is 3.02. The predicted molar refractivity (Wildman–Crippen MR) is 86.3 cm³/mol. The van der Waals surface area contributed by atoms with Crippen LogP contribution in [-0.2, 0) is 0 Å². The number of carboxylic acid groups (broad SMARTS) is 1. The summed E-state index contributed by atoms with van der Waals surface area (Å²) < 4.78 is 19.0. The van der Waals surface area contributed by atoms with E-state index in [1.807, 2.05) is 13.8 Å². The highest BCUT2D eigenvalue weighted by Crippen LogP contribution is 2.30. The van der Waals surface area contributed by atoms with Gasteiger partial charge in [0.2, 0.25) is 5.82 Å². The standard InChI is InChI=1S/C18H15FN2O3/c1-9-10(2)13(8-14(11(9)3)18(22)23)16-20-17(24-21-16)12-6-4-5-7-15(12)19/h4-8H,1-3H3,(H,22,23). The van der Waals surface area contributed by atoms with E-state index in [2.05, 4.69) is 10.1 Å². The average molecular weight is 326 g/mol. The third kappa shape index (κ3) is 2.56. The van der Waals surface area contributed by atoms with Gasteiger partial charge in [0.05, 0.1) is 11.1 Å². The molecule has 0 saturated heterocycles. The van der Waals surface area contributed by atoms with Gasteiger partial charge in [-0.1, -0.05) is 17.3 Å². The molecule has 3 aromatic rings. The van der Waals surface area contributed by atoms with E-state index < -0.39 is 11.8 Å². The van der Waals surface area contributed by atoms with Crippen LogP contribution in [0.2, 0.25) is 0 Å². The minimum atomic E-state index is -1.02. The van der Waals surface area contributed by atoms with Crippen LogP contribution in [0.5, 0.6) is 0 Å². The summed E-state index contributed by atoms with van der Waals surface area (Å²) in [5.74, 6) is -1.20. The van der Waals surface area contributed by atoms with Crippen molar-refractivity contribution in [2.75, 3.05) is 0 Å². The molecule has 0 aliphatic carbocycles. The fraction of sp³-hybridized carbons (Fsp3) is 0.167. The van der Waals surface area contributed by atoms with Crippen LogP contribution in [0, 0.1) is 26.6 Å². The fourth-order valence-corrected chi connectivity index (χ4v) is 2.58. The maximum Gasteiger partial charge on any atom is 0.335 e. The number of aromatic carboxylic acids is 1. The van der Waals surface area contributed by atoms with E-state index in [-0.39, 0.29) is 22.8 Å². The molecule has 1 heterocycles. The predicted octanol–water partition coefficient (Wildman–Crippen LogP) is 4.17. The van der Waals surface area contributed by atoms with Crippen LogP contribution in [0.3, 0.4) is 0 Å². The van der Waals surface area contributed by atoms with E-state index in [0.29, 0.717) is 11.1 Å². The maximum atomic E-state index is 13.8. The highest BCUT2D eigenvalue weighted by molar-refractivity contribution is 5.92. The highest BCUT2D eigenvalue weighted by Gasteiger charge is 2.20. The van der Waals surface area contributed by atoms with Gasteiger partial charge in [-0.05, 0) is 55.7 Å². The third-order valence-corrected chi connectivity index (χ3v) is 4.22. The molecule has 0 spiro atoms. The monoisotopic (exact) mass is 326 g/mol. The molecule has 0 atom stereocenters. The quantitative estimate of drug-likeness (QED) is 0.782. The molecule has 0 saturated carbocycles. The molecule has 0 aliphatic rings. The first kappa shape index (κ1) is 15.9. The SMILES string of the molecule is Cc1c(C(=O)O)cc(-c2noc(-c3ccccc3F)n2)c(C)c1C. The van der Waals surface area contributed by atoms with Crippen molar-refractivity contribution in [2.45, 2.75) is 20.8 Å². The first-order chi connectivity index (χ1) is 11.4.